The molecule has 0 spiro atoms. The SMILES string of the molecule is CCCCCCCCCCCCCCCCC(CCCCCCCCCCCCCC)(C(=O)O)C(O)(CC(=O)O)C(=O)O. The van der Waals surface area contributed by atoms with Crippen molar-refractivity contribution in [3.8, 4) is 0 Å². The van der Waals surface area contributed by atoms with Crippen molar-refractivity contribution in [3.05, 3.63) is 0 Å². The molecule has 2 unspecified atom stereocenters. The standard InChI is InChI=1S/C36H68O7/c1-3-5-7-9-11-13-15-17-18-20-22-24-26-28-30-35(33(39)40,36(43,34(41)42)31-32(37)38)29-27-25-23-21-19-16-14-12-10-8-6-4-2/h43H,3-31H2,1-2H3,(H,37,38)(H,39,40)(H,41,42). The van der Waals surface area contributed by atoms with E-state index >= 15 is 0 Å². The van der Waals surface area contributed by atoms with Crippen molar-refractivity contribution in [2.45, 2.75) is 206 Å². The average Bonchev–Trinajstić information content (AvgIpc) is 2.96. The normalized spacial score (nSPS) is 14.3. The van der Waals surface area contributed by atoms with Crippen LogP contribution in [0.3, 0.4) is 0 Å². The van der Waals surface area contributed by atoms with Crippen LogP contribution in [0.4, 0.5) is 0 Å². The quantitative estimate of drug-likeness (QED) is 0.0542. The van der Waals surface area contributed by atoms with Gasteiger partial charge in [-0.05, 0) is 12.8 Å². The maximum Gasteiger partial charge on any atom is 0.337 e. The number of hydrogen-bond acceptors (Lipinski definition) is 4. The highest BCUT2D eigenvalue weighted by atomic mass is 16.4. The summed E-state index contributed by atoms with van der Waals surface area (Å²) in [6, 6.07) is 0. The fourth-order valence-corrected chi connectivity index (χ4v) is 6.49. The number of unbranched alkanes of at least 4 members (excludes halogenated alkanes) is 24. The van der Waals surface area contributed by atoms with Crippen LogP contribution in [0.1, 0.15) is 200 Å². The lowest BCUT2D eigenvalue weighted by molar-refractivity contribution is -0.196. The van der Waals surface area contributed by atoms with Gasteiger partial charge in [-0.3, -0.25) is 9.59 Å². The van der Waals surface area contributed by atoms with E-state index in [2.05, 4.69) is 13.8 Å². The lowest BCUT2D eigenvalue weighted by Gasteiger charge is -2.41. The maximum absolute atomic E-state index is 12.6. The number of rotatable bonds is 33. The fraction of sp³-hybridized carbons (Fsp3) is 0.917. The van der Waals surface area contributed by atoms with Gasteiger partial charge in [0.2, 0.25) is 0 Å². The number of hydrogen-bond donors (Lipinski definition) is 4. The van der Waals surface area contributed by atoms with E-state index in [1.165, 1.54) is 103 Å². The smallest absolute Gasteiger partial charge is 0.337 e. The van der Waals surface area contributed by atoms with Crippen molar-refractivity contribution in [1.82, 2.24) is 0 Å². The third-order valence-corrected chi connectivity index (χ3v) is 9.38. The van der Waals surface area contributed by atoms with Gasteiger partial charge in [-0.2, -0.15) is 0 Å². The van der Waals surface area contributed by atoms with Gasteiger partial charge in [-0.25, -0.2) is 4.79 Å². The lowest BCUT2D eigenvalue weighted by Crippen LogP contribution is -2.59. The molecular formula is C36H68O7. The minimum Gasteiger partial charge on any atom is -0.481 e. The largest absolute Gasteiger partial charge is 0.481 e. The first-order chi connectivity index (χ1) is 20.7. The van der Waals surface area contributed by atoms with Crippen LogP contribution in [-0.4, -0.2) is 43.9 Å². The van der Waals surface area contributed by atoms with Gasteiger partial charge in [0.15, 0.2) is 5.60 Å². The minimum absolute atomic E-state index is 0.0333. The van der Waals surface area contributed by atoms with Gasteiger partial charge < -0.3 is 20.4 Å². The molecule has 0 fully saturated rings. The Labute approximate surface area is 263 Å². The number of aliphatic hydroxyl groups is 1. The molecule has 0 saturated heterocycles. The van der Waals surface area contributed by atoms with Crippen molar-refractivity contribution in [3.63, 3.8) is 0 Å². The Hall–Kier alpha value is -1.63. The van der Waals surface area contributed by atoms with Crippen molar-refractivity contribution in [2.75, 3.05) is 0 Å². The van der Waals surface area contributed by atoms with E-state index in [1.807, 2.05) is 0 Å². The fourth-order valence-electron chi connectivity index (χ4n) is 6.49. The summed E-state index contributed by atoms with van der Waals surface area (Å²) in [5.74, 6) is -4.68. The van der Waals surface area contributed by atoms with Crippen LogP contribution in [0, 0.1) is 5.41 Å². The van der Waals surface area contributed by atoms with Gasteiger partial charge in [-0.1, -0.05) is 181 Å². The van der Waals surface area contributed by atoms with Gasteiger partial charge >= 0.3 is 17.9 Å². The molecule has 0 bridgehead atoms. The molecule has 254 valence electrons. The van der Waals surface area contributed by atoms with E-state index in [1.54, 1.807) is 0 Å². The molecule has 0 heterocycles. The summed E-state index contributed by atoms with van der Waals surface area (Å²) in [5, 5.41) is 40.7. The Kier molecular flexibility index (Phi) is 25.7. The molecular weight excluding hydrogens is 544 g/mol. The van der Waals surface area contributed by atoms with E-state index in [9.17, 15) is 34.8 Å². The molecule has 7 heteroatoms. The molecule has 0 aliphatic rings. The molecule has 0 aromatic rings. The predicted octanol–water partition coefficient (Wildman–Crippen LogP) is 10.3. The summed E-state index contributed by atoms with van der Waals surface area (Å²) in [6.07, 6.45) is 28.0. The molecule has 4 N–H and O–H groups in total. The number of carboxylic acids is 3. The first-order valence-corrected chi connectivity index (χ1v) is 18.1. The Morgan fingerprint density at radius 2 is 0.674 bits per heavy atom. The van der Waals surface area contributed by atoms with Crippen molar-refractivity contribution in [1.29, 1.82) is 0 Å². The summed E-state index contributed by atoms with van der Waals surface area (Å²) < 4.78 is 0. The third kappa shape index (κ3) is 18.7. The zero-order valence-electron chi connectivity index (χ0n) is 28.0. The predicted molar refractivity (Wildman–Crippen MR) is 176 cm³/mol. The number of carboxylic acid groups (broad SMARTS) is 3. The first kappa shape index (κ1) is 41.4. The first-order valence-electron chi connectivity index (χ1n) is 18.1. The summed E-state index contributed by atoms with van der Waals surface area (Å²) in [5.41, 5.74) is -4.87. The second kappa shape index (κ2) is 26.7. The van der Waals surface area contributed by atoms with Gasteiger partial charge in [0.25, 0.3) is 0 Å². The highest BCUT2D eigenvalue weighted by molar-refractivity contribution is 5.92. The summed E-state index contributed by atoms with van der Waals surface area (Å²) in [7, 11) is 0. The zero-order chi connectivity index (χ0) is 32.2. The van der Waals surface area contributed by atoms with Crippen LogP contribution in [0.25, 0.3) is 0 Å². The second-order valence-electron chi connectivity index (χ2n) is 13.1. The average molecular weight is 613 g/mol. The van der Waals surface area contributed by atoms with E-state index in [4.69, 9.17) is 0 Å². The van der Waals surface area contributed by atoms with E-state index in [0.717, 1.165) is 51.4 Å². The highest BCUT2D eigenvalue weighted by Crippen LogP contribution is 2.45. The van der Waals surface area contributed by atoms with Crippen LogP contribution in [0.2, 0.25) is 0 Å². The Morgan fingerprint density at radius 1 is 0.419 bits per heavy atom. The summed E-state index contributed by atoms with van der Waals surface area (Å²) >= 11 is 0. The van der Waals surface area contributed by atoms with E-state index in [0.29, 0.717) is 12.8 Å². The molecule has 43 heavy (non-hydrogen) atoms. The van der Waals surface area contributed by atoms with Crippen LogP contribution >= 0.6 is 0 Å². The van der Waals surface area contributed by atoms with Crippen LogP contribution in [-0.2, 0) is 14.4 Å². The molecule has 0 aliphatic heterocycles. The molecule has 0 saturated carbocycles. The molecule has 2 atom stereocenters. The Bertz CT molecular complexity index is 710. The topological polar surface area (TPSA) is 132 Å². The summed E-state index contributed by atoms with van der Waals surface area (Å²) in [4.78, 5) is 36.4. The van der Waals surface area contributed by atoms with Crippen LogP contribution < -0.4 is 0 Å². The van der Waals surface area contributed by atoms with Crippen molar-refractivity contribution in [2.24, 2.45) is 5.41 Å². The van der Waals surface area contributed by atoms with Gasteiger partial charge in [0, 0.05) is 0 Å². The molecule has 7 nitrogen and oxygen atoms in total. The summed E-state index contributed by atoms with van der Waals surface area (Å²) in [6.45, 7) is 4.45. The molecule has 0 radical (unpaired) electrons. The van der Waals surface area contributed by atoms with Gasteiger partial charge in [0.05, 0.1) is 6.42 Å². The Morgan fingerprint density at radius 3 is 0.884 bits per heavy atom. The van der Waals surface area contributed by atoms with E-state index < -0.39 is 35.3 Å². The van der Waals surface area contributed by atoms with Crippen molar-refractivity contribution >= 4 is 17.9 Å². The minimum atomic E-state index is -2.85. The van der Waals surface area contributed by atoms with Crippen LogP contribution in [0.15, 0.2) is 0 Å². The molecule has 0 aromatic heterocycles. The van der Waals surface area contributed by atoms with Crippen molar-refractivity contribution < 1.29 is 34.8 Å². The molecule has 0 aromatic carbocycles. The highest BCUT2D eigenvalue weighted by Gasteiger charge is 2.61. The van der Waals surface area contributed by atoms with E-state index in [-0.39, 0.29) is 12.8 Å². The third-order valence-electron chi connectivity index (χ3n) is 9.38. The van der Waals surface area contributed by atoms with Gasteiger partial charge in [0.1, 0.15) is 5.41 Å². The lowest BCUT2D eigenvalue weighted by atomic mass is 9.64. The monoisotopic (exact) mass is 612 g/mol. The molecule has 0 aliphatic carbocycles. The molecule has 0 amide bonds. The second-order valence-corrected chi connectivity index (χ2v) is 13.1. The number of aliphatic carboxylic acids is 3. The Balaban J connectivity index is 4.68. The number of carbonyl (C=O) groups is 3. The zero-order valence-corrected chi connectivity index (χ0v) is 28.0. The van der Waals surface area contributed by atoms with Gasteiger partial charge in [-0.15, -0.1) is 0 Å². The molecule has 0 rings (SSSR count). The maximum atomic E-state index is 12.6. The van der Waals surface area contributed by atoms with Crippen LogP contribution in [0.5, 0.6) is 0 Å².